The van der Waals surface area contributed by atoms with E-state index in [1.165, 1.54) is 6.07 Å². The maximum Gasteiger partial charge on any atom is 0.416 e. The van der Waals surface area contributed by atoms with Gasteiger partial charge in [0.05, 0.1) is 28.2 Å². The fourth-order valence-electron chi connectivity index (χ4n) is 3.42. The van der Waals surface area contributed by atoms with Crippen LogP contribution in [0.1, 0.15) is 25.8 Å². The second-order valence-corrected chi connectivity index (χ2v) is 8.58. The molecule has 0 atom stereocenters. The van der Waals surface area contributed by atoms with Crippen LogP contribution in [0.4, 0.5) is 24.5 Å². The first-order chi connectivity index (χ1) is 13.6. The fraction of sp³-hybridized carbons (Fsp3) is 0.300. The molecule has 0 amide bonds. The molecule has 3 aromatic rings. The van der Waals surface area contributed by atoms with Crippen molar-refractivity contribution in [2.24, 2.45) is 0 Å². The van der Waals surface area contributed by atoms with Gasteiger partial charge in [-0.1, -0.05) is 25.1 Å². The van der Waals surface area contributed by atoms with Gasteiger partial charge in [0.1, 0.15) is 0 Å². The molecule has 156 valence electrons. The van der Waals surface area contributed by atoms with E-state index in [0.29, 0.717) is 46.5 Å². The van der Waals surface area contributed by atoms with E-state index in [9.17, 15) is 21.6 Å². The lowest BCUT2D eigenvalue weighted by Crippen LogP contribution is -2.16. The number of halogens is 3. The molecule has 0 fully saturated rings. The Bertz CT molecular complexity index is 1150. The number of nitrogens with one attached hydrogen (secondary N) is 1. The Balaban J connectivity index is 2.15. The zero-order valence-corrected chi connectivity index (χ0v) is 16.9. The third-order valence-electron chi connectivity index (χ3n) is 4.63. The van der Waals surface area contributed by atoms with E-state index in [2.05, 4.69) is 4.72 Å². The quantitative estimate of drug-likeness (QED) is 0.578. The number of anilines is 2. The maximum atomic E-state index is 13.1. The topological polar surface area (TPSA) is 77.1 Å². The summed E-state index contributed by atoms with van der Waals surface area (Å²) in [5, 5.41) is 0.520. The maximum absolute atomic E-state index is 13.1. The zero-order valence-electron chi connectivity index (χ0n) is 16.0. The predicted octanol–water partition coefficient (Wildman–Crippen LogP) is 5.08. The lowest BCUT2D eigenvalue weighted by molar-refractivity contribution is -0.137. The van der Waals surface area contributed by atoms with Crippen molar-refractivity contribution in [3.8, 4) is 11.3 Å². The minimum atomic E-state index is -4.45. The molecular weight excluding hydrogens is 403 g/mol. The number of rotatable bonds is 6. The van der Waals surface area contributed by atoms with E-state index in [1.807, 2.05) is 6.92 Å². The summed E-state index contributed by atoms with van der Waals surface area (Å²) in [7, 11) is -3.47. The van der Waals surface area contributed by atoms with Crippen LogP contribution < -0.4 is 10.5 Å². The molecule has 0 bridgehead atoms. The fourth-order valence-corrected chi connectivity index (χ4v) is 4.55. The molecule has 29 heavy (non-hydrogen) atoms. The van der Waals surface area contributed by atoms with Crippen molar-refractivity contribution in [2.45, 2.75) is 33.0 Å². The highest BCUT2D eigenvalue weighted by atomic mass is 32.2. The van der Waals surface area contributed by atoms with E-state index in [0.717, 1.165) is 12.1 Å². The summed E-state index contributed by atoms with van der Waals surface area (Å²) in [6.07, 6.45) is -3.98. The van der Waals surface area contributed by atoms with Gasteiger partial charge in [0.15, 0.2) is 0 Å². The van der Waals surface area contributed by atoms with E-state index in [1.54, 1.807) is 35.8 Å². The summed E-state index contributed by atoms with van der Waals surface area (Å²) in [5.74, 6) is -0.00515. The molecule has 0 aliphatic heterocycles. The number of hydrogen-bond acceptors (Lipinski definition) is 3. The molecule has 9 heteroatoms. The van der Waals surface area contributed by atoms with Gasteiger partial charge in [-0.2, -0.15) is 13.2 Å². The van der Waals surface area contributed by atoms with Crippen LogP contribution in [0.3, 0.4) is 0 Å². The van der Waals surface area contributed by atoms with Gasteiger partial charge in [0.25, 0.3) is 0 Å². The molecule has 3 rings (SSSR count). The summed E-state index contributed by atoms with van der Waals surface area (Å²) in [6.45, 7) is 3.98. The number of nitrogens with two attached hydrogens (primary N) is 1. The molecule has 0 saturated heterocycles. The van der Waals surface area contributed by atoms with E-state index < -0.39 is 21.8 Å². The molecule has 0 spiro atoms. The molecule has 0 saturated carbocycles. The molecular formula is C20H22F3N3O2S. The molecule has 0 unspecified atom stereocenters. The standard InChI is InChI=1S/C20H22F3N3O2S/c1-3-10-29(27,28)25-15-7-5-6-13(11-15)19-18(24)16-9-8-14(20(21,22)23)12-17(16)26(19)4-2/h5-9,11-12,25H,3-4,10,24H2,1-2H3. The minimum Gasteiger partial charge on any atom is -0.396 e. The largest absolute Gasteiger partial charge is 0.416 e. The van der Waals surface area contributed by atoms with Crippen LogP contribution in [0, 0.1) is 0 Å². The van der Waals surface area contributed by atoms with E-state index >= 15 is 0 Å². The van der Waals surface area contributed by atoms with Crippen LogP contribution in [0.15, 0.2) is 42.5 Å². The number of aryl methyl sites for hydroxylation is 1. The Hall–Kier alpha value is -2.68. The summed E-state index contributed by atoms with van der Waals surface area (Å²) in [6, 6.07) is 10.2. The Kier molecular flexibility index (Phi) is 5.53. The third kappa shape index (κ3) is 4.19. The average molecular weight is 425 g/mol. The van der Waals surface area contributed by atoms with Gasteiger partial charge in [-0.3, -0.25) is 4.72 Å². The number of alkyl halides is 3. The van der Waals surface area contributed by atoms with Gasteiger partial charge < -0.3 is 10.3 Å². The summed E-state index contributed by atoms with van der Waals surface area (Å²) < 4.78 is 67.8. The van der Waals surface area contributed by atoms with Crippen LogP contribution in [0.2, 0.25) is 0 Å². The van der Waals surface area contributed by atoms with Crippen LogP contribution in [0.25, 0.3) is 22.2 Å². The summed E-state index contributed by atoms with van der Waals surface area (Å²) in [4.78, 5) is 0. The third-order valence-corrected chi connectivity index (χ3v) is 6.12. The Morgan fingerprint density at radius 2 is 1.83 bits per heavy atom. The van der Waals surface area contributed by atoms with Crippen LogP contribution in [0.5, 0.6) is 0 Å². The number of aromatic nitrogens is 1. The highest BCUT2D eigenvalue weighted by molar-refractivity contribution is 7.92. The van der Waals surface area contributed by atoms with Crippen molar-refractivity contribution in [1.82, 2.24) is 4.57 Å². The van der Waals surface area contributed by atoms with E-state index in [4.69, 9.17) is 5.73 Å². The number of hydrogen-bond donors (Lipinski definition) is 2. The monoisotopic (exact) mass is 425 g/mol. The van der Waals surface area contributed by atoms with Gasteiger partial charge >= 0.3 is 6.18 Å². The van der Waals surface area contributed by atoms with Gasteiger partial charge in [-0.05, 0) is 37.6 Å². The normalized spacial score (nSPS) is 12.4. The first-order valence-electron chi connectivity index (χ1n) is 9.17. The molecule has 3 N–H and O–H groups in total. The number of fused-ring (bicyclic) bond motifs is 1. The highest BCUT2D eigenvalue weighted by Gasteiger charge is 2.31. The molecule has 0 aliphatic carbocycles. The number of nitrogens with zero attached hydrogens (tertiary/aromatic N) is 1. The zero-order chi connectivity index (χ0) is 21.4. The van der Waals surface area contributed by atoms with Crippen molar-refractivity contribution in [3.05, 3.63) is 48.0 Å². The molecule has 0 radical (unpaired) electrons. The number of nitrogen functional groups attached to an aromatic ring is 1. The number of benzene rings is 2. The summed E-state index contributed by atoms with van der Waals surface area (Å²) >= 11 is 0. The lowest BCUT2D eigenvalue weighted by Gasteiger charge is -2.12. The second-order valence-electron chi connectivity index (χ2n) is 6.74. The van der Waals surface area contributed by atoms with Gasteiger partial charge in [0, 0.05) is 23.2 Å². The van der Waals surface area contributed by atoms with Crippen molar-refractivity contribution < 1.29 is 21.6 Å². The number of sulfonamides is 1. The van der Waals surface area contributed by atoms with Crippen molar-refractivity contribution in [1.29, 1.82) is 0 Å². The molecule has 2 aromatic carbocycles. The molecule has 1 heterocycles. The first kappa shape index (κ1) is 21.0. The van der Waals surface area contributed by atoms with Gasteiger partial charge in [0.2, 0.25) is 10.0 Å². The van der Waals surface area contributed by atoms with Crippen LogP contribution >= 0.6 is 0 Å². The smallest absolute Gasteiger partial charge is 0.396 e. The van der Waals surface area contributed by atoms with Crippen molar-refractivity contribution in [3.63, 3.8) is 0 Å². The average Bonchev–Trinajstić information content (AvgIpc) is 2.92. The van der Waals surface area contributed by atoms with Gasteiger partial charge in [-0.25, -0.2) is 8.42 Å². The predicted molar refractivity (Wildman–Crippen MR) is 110 cm³/mol. The highest BCUT2D eigenvalue weighted by Crippen LogP contribution is 2.39. The molecule has 5 nitrogen and oxygen atoms in total. The molecule has 0 aliphatic rings. The van der Waals surface area contributed by atoms with Crippen LogP contribution in [-0.4, -0.2) is 18.7 Å². The van der Waals surface area contributed by atoms with Crippen molar-refractivity contribution in [2.75, 3.05) is 16.2 Å². The van der Waals surface area contributed by atoms with Crippen LogP contribution in [-0.2, 0) is 22.7 Å². The summed E-state index contributed by atoms with van der Waals surface area (Å²) in [5.41, 5.74) is 7.82. The second kappa shape index (κ2) is 7.62. The first-order valence-corrected chi connectivity index (χ1v) is 10.8. The Morgan fingerprint density at radius 3 is 2.45 bits per heavy atom. The Labute approximate surface area is 167 Å². The lowest BCUT2D eigenvalue weighted by atomic mass is 10.1. The van der Waals surface area contributed by atoms with Crippen molar-refractivity contribution >= 4 is 32.3 Å². The minimum absolute atomic E-state index is 0.00515. The Morgan fingerprint density at radius 1 is 1.10 bits per heavy atom. The SMILES string of the molecule is CCCS(=O)(=O)Nc1cccc(-c2c(N)c3ccc(C(F)(F)F)cc3n2CC)c1. The van der Waals surface area contributed by atoms with E-state index in [-0.39, 0.29) is 5.75 Å². The molecule has 1 aromatic heterocycles. The van der Waals surface area contributed by atoms with Gasteiger partial charge in [-0.15, -0.1) is 0 Å².